The zero-order valence-electron chi connectivity index (χ0n) is 13.8. The number of benzene rings is 2. The number of hydrogen-bond donors (Lipinski definition) is 2. The van der Waals surface area contributed by atoms with Gasteiger partial charge in [-0.25, -0.2) is 4.79 Å². The fourth-order valence-corrected chi connectivity index (χ4v) is 2.31. The maximum absolute atomic E-state index is 11.8. The van der Waals surface area contributed by atoms with E-state index < -0.39 is 0 Å². The lowest BCUT2D eigenvalue weighted by Crippen LogP contribution is -2.37. The van der Waals surface area contributed by atoms with Crippen LogP contribution >= 0.6 is 11.6 Å². The second-order valence-corrected chi connectivity index (χ2v) is 5.61. The standard InChI is InChI=1S/C18H21ClN2O3/c1-13-7-8-15(19)17(11-13)24-10-9-20-18(22)21-12-14-5-3-4-6-16(14)23-2/h3-8,11H,9-10,12H2,1-2H3,(H2,20,21,22). The topological polar surface area (TPSA) is 59.6 Å². The minimum atomic E-state index is -0.264. The third-order valence-corrected chi connectivity index (χ3v) is 3.68. The molecule has 0 heterocycles. The molecule has 128 valence electrons. The van der Waals surface area contributed by atoms with Crippen molar-refractivity contribution in [3.63, 3.8) is 0 Å². The monoisotopic (exact) mass is 348 g/mol. The van der Waals surface area contributed by atoms with E-state index in [1.807, 2.05) is 43.3 Å². The van der Waals surface area contributed by atoms with Crippen LogP contribution in [0.3, 0.4) is 0 Å². The zero-order valence-corrected chi connectivity index (χ0v) is 14.5. The first-order valence-corrected chi connectivity index (χ1v) is 8.00. The van der Waals surface area contributed by atoms with Crippen LogP contribution in [0.2, 0.25) is 5.02 Å². The van der Waals surface area contributed by atoms with Gasteiger partial charge in [0.25, 0.3) is 0 Å². The van der Waals surface area contributed by atoms with Crippen LogP contribution in [0.4, 0.5) is 4.79 Å². The summed E-state index contributed by atoms with van der Waals surface area (Å²) >= 11 is 6.05. The molecule has 0 fully saturated rings. The van der Waals surface area contributed by atoms with Gasteiger partial charge in [-0.3, -0.25) is 0 Å². The lowest BCUT2D eigenvalue weighted by Gasteiger charge is -2.12. The summed E-state index contributed by atoms with van der Waals surface area (Å²) in [5, 5.41) is 6.07. The van der Waals surface area contributed by atoms with Crippen molar-refractivity contribution in [2.75, 3.05) is 20.3 Å². The third kappa shape index (κ3) is 5.35. The number of urea groups is 1. The Balaban J connectivity index is 1.71. The number of carbonyl (C=O) groups excluding carboxylic acids is 1. The number of hydrogen-bond acceptors (Lipinski definition) is 3. The van der Waals surface area contributed by atoms with Gasteiger partial charge in [-0.1, -0.05) is 35.9 Å². The van der Waals surface area contributed by atoms with Crippen molar-refractivity contribution in [1.82, 2.24) is 10.6 Å². The lowest BCUT2D eigenvalue weighted by molar-refractivity contribution is 0.236. The highest BCUT2D eigenvalue weighted by Crippen LogP contribution is 2.24. The minimum Gasteiger partial charge on any atom is -0.496 e. The maximum atomic E-state index is 11.8. The summed E-state index contributed by atoms with van der Waals surface area (Å²) in [5.74, 6) is 1.36. The van der Waals surface area contributed by atoms with Crippen LogP contribution in [0.1, 0.15) is 11.1 Å². The van der Waals surface area contributed by atoms with Crippen molar-refractivity contribution in [3.8, 4) is 11.5 Å². The number of amides is 2. The smallest absolute Gasteiger partial charge is 0.315 e. The molecule has 2 amide bonds. The van der Waals surface area contributed by atoms with Gasteiger partial charge in [0.2, 0.25) is 0 Å². The van der Waals surface area contributed by atoms with Gasteiger partial charge in [-0.05, 0) is 30.7 Å². The molecule has 0 aliphatic carbocycles. The molecule has 0 aliphatic heterocycles. The van der Waals surface area contributed by atoms with Crippen molar-refractivity contribution in [3.05, 3.63) is 58.6 Å². The van der Waals surface area contributed by atoms with E-state index in [1.54, 1.807) is 13.2 Å². The third-order valence-electron chi connectivity index (χ3n) is 3.36. The second kappa shape index (κ2) is 9.03. The van der Waals surface area contributed by atoms with Crippen LogP contribution in [0.15, 0.2) is 42.5 Å². The van der Waals surface area contributed by atoms with Gasteiger partial charge in [-0.15, -0.1) is 0 Å². The number of halogens is 1. The van der Waals surface area contributed by atoms with E-state index in [1.165, 1.54) is 0 Å². The average molecular weight is 349 g/mol. The molecule has 2 aromatic carbocycles. The molecule has 0 aromatic heterocycles. The van der Waals surface area contributed by atoms with E-state index in [0.717, 1.165) is 16.9 Å². The number of carbonyl (C=O) groups is 1. The van der Waals surface area contributed by atoms with Crippen LogP contribution in [0, 0.1) is 6.92 Å². The van der Waals surface area contributed by atoms with E-state index in [4.69, 9.17) is 21.1 Å². The highest BCUT2D eigenvalue weighted by atomic mass is 35.5. The Morgan fingerprint density at radius 3 is 2.71 bits per heavy atom. The lowest BCUT2D eigenvalue weighted by atomic mass is 10.2. The normalized spacial score (nSPS) is 10.1. The Kier molecular flexibility index (Phi) is 6.75. The summed E-state index contributed by atoms with van der Waals surface area (Å²) in [5.41, 5.74) is 1.98. The Morgan fingerprint density at radius 1 is 1.12 bits per heavy atom. The van der Waals surface area contributed by atoms with Crippen molar-refractivity contribution in [2.24, 2.45) is 0 Å². The van der Waals surface area contributed by atoms with Gasteiger partial charge < -0.3 is 20.1 Å². The first kappa shape index (κ1) is 17.9. The first-order valence-electron chi connectivity index (χ1n) is 7.62. The van der Waals surface area contributed by atoms with Crippen LogP contribution in [0.5, 0.6) is 11.5 Å². The molecule has 2 N–H and O–H groups in total. The molecule has 0 spiro atoms. The first-order chi connectivity index (χ1) is 11.6. The van der Waals surface area contributed by atoms with Gasteiger partial charge >= 0.3 is 6.03 Å². The summed E-state index contributed by atoms with van der Waals surface area (Å²) in [4.78, 5) is 11.8. The van der Waals surface area contributed by atoms with Crippen molar-refractivity contribution in [1.29, 1.82) is 0 Å². The van der Waals surface area contributed by atoms with E-state index in [0.29, 0.717) is 30.5 Å². The molecule has 0 unspecified atom stereocenters. The van der Waals surface area contributed by atoms with Gasteiger partial charge in [0.05, 0.1) is 18.7 Å². The predicted molar refractivity (Wildman–Crippen MR) is 94.9 cm³/mol. The number of para-hydroxylation sites is 1. The van der Waals surface area contributed by atoms with Gasteiger partial charge in [0, 0.05) is 12.1 Å². The van der Waals surface area contributed by atoms with Crippen LogP contribution in [0.25, 0.3) is 0 Å². The molecule has 0 radical (unpaired) electrons. The number of nitrogens with one attached hydrogen (secondary N) is 2. The zero-order chi connectivity index (χ0) is 17.4. The van der Waals surface area contributed by atoms with Crippen LogP contribution < -0.4 is 20.1 Å². The van der Waals surface area contributed by atoms with Gasteiger partial charge in [0.1, 0.15) is 18.1 Å². The van der Waals surface area contributed by atoms with Crippen molar-refractivity contribution < 1.29 is 14.3 Å². The molecule has 0 aliphatic rings. The number of ether oxygens (including phenoxy) is 2. The second-order valence-electron chi connectivity index (χ2n) is 5.20. The van der Waals surface area contributed by atoms with E-state index in [2.05, 4.69) is 10.6 Å². The van der Waals surface area contributed by atoms with E-state index in [-0.39, 0.29) is 6.03 Å². The highest BCUT2D eigenvalue weighted by Gasteiger charge is 2.05. The fourth-order valence-electron chi connectivity index (χ4n) is 2.13. The number of methoxy groups -OCH3 is 1. The fraction of sp³-hybridized carbons (Fsp3) is 0.278. The number of rotatable bonds is 7. The molecule has 2 rings (SSSR count). The Bertz CT molecular complexity index is 692. The van der Waals surface area contributed by atoms with Crippen molar-refractivity contribution >= 4 is 17.6 Å². The van der Waals surface area contributed by atoms with E-state index in [9.17, 15) is 4.79 Å². The van der Waals surface area contributed by atoms with Crippen molar-refractivity contribution in [2.45, 2.75) is 13.5 Å². The molecule has 0 saturated carbocycles. The summed E-state index contributed by atoms with van der Waals surface area (Å²) in [6.45, 7) is 3.07. The predicted octanol–water partition coefficient (Wildman–Crippen LogP) is 3.54. The molecule has 0 bridgehead atoms. The van der Waals surface area contributed by atoms with Crippen LogP contribution in [-0.4, -0.2) is 26.3 Å². The van der Waals surface area contributed by atoms with Crippen LogP contribution in [-0.2, 0) is 6.54 Å². The Labute approximate surface area is 146 Å². The molecule has 24 heavy (non-hydrogen) atoms. The van der Waals surface area contributed by atoms with Gasteiger partial charge in [0.15, 0.2) is 0 Å². The number of aryl methyl sites for hydroxylation is 1. The highest BCUT2D eigenvalue weighted by molar-refractivity contribution is 6.32. The van der Waals surface area contributed by atoms with Gasteiger partial charge in [-0.2, -0.15) is 0 Å². The molecule has 0 atom stereocenters. The summed E-state index contributed by atoms with van der Waals surface area (Å²) in [6, 6.07) is 12.9. The SMILES string of the molecule is COc1ccccc1CNC(=O)NCCOc1cc(C)ccc1Cl. The quantitative estimate of drug-likeness (QED) is 0.752. The molecular weight excluding hydrogens is 328 g/mol. The summed E-state index contributed by atoms with van der Waals surface area (Å²) in [6.07, 6.45) is 0. The summed E-state index contributed by atoms with van der Waals surface area (Å²) < 4.78 is 10.8. The average Bonchev–Trinajstić information content (AvgIpc) is 2.60. The molecule has 2 aromatic rings. The minimum absolute atomic E-state index is 0.264. The maximum Gasteiger partial charge on any atom is 0.315 e. The van der Waals surface area contributed by atoms with E-state index >= 15 is 0 Å². The molecular formula is C18H21ClN2O3. The Hall–Kier alpha value is -2.40. The molecule has 5 nitrogen and oxygen atoms in total. The molecule has 0 saturated heterocycles. The Morgan fingerprint density at radius 2 is 1.92 bits per heavy atom. The largest absolute Gasteiger partial charge is 0.496 e. The summed E-state index contributed by atoms with van der Waals surface area (Å²) in [7, 11) is 1.60. The molecule has 6 heteroatoms.